The molecule has 0 amide bonds. The van der Waals surface area contributed by atoms with Crippen LogP contribution in [0.1, 0.15) is 37.4 Å². The van der Waals surface area contributed by atoms with Crippen molar-refractivity contribution in [3.8, 4) is 0 Å². The predicted octanol–water partition coefficient (Wildman–Crippen LogP) is 2.61. The fourth-order valence-corrected chi connectivity index (χ4v) is 4.02. The van der Waals surface area contributed by atoms with E-state index in [-0.39, 0.29) is 5.92 Å². The first-order valence-corrected chi connectivity index (χ1v) is 9.55. The molecule has 0 saturated carbocycles. The highest BCUT2D eigenvalue weighted by Gasteiger charge is 2.28. The van der Waals surface area contributed by atoms with Gasteiger partial charge in [-0.15, -0.1) is 11.3 Å². The molecule has 1 aliphatic heterocycles. The maximum atomic E-state index is 5.56. The monoisotopic (exact) mass is 358 g/mol. The molecule has 4 rings (SSSR count). The summed E-state index contributed by atoms with van der Waals surface area (Å²) in [6.07, 6.45) is 4.59. The Kier molecular flexibility index (Phi) is 4.63. The Bertz CT molecular complexity index is 846. The Hall–Kier alpha value is -2.06. The summed E-state index contributed by atoms with van der Waals surface area (Å²) in [6.45, 7) is 3.96. The van der Waals surface area contributed by atoms with Gasteiger partial charge in [0, 0.05) is 25.6 Å². The van der Waals surface area contributed by atoms with Crippen LogP contribution in [0.3, 0.4) is 0 Å². The number of hydrogen-bond acceptors (Lipinski definition) is 8. The Morgan fingerprint density at radius 1 is 1.44 bits per heavy atom. The molecule has 25 heavy (non-hydrogen) atoms. The number of aromatic nitrogens is 4. The van der Waals surface area contributed by atoms with Gasteiger partial charge in [-0.2, -0.15) is 4.98 Å². The summed E-state index contributed by atoms with van der Waals surface area (Å²) in [5, 5.41) is 10.5. The van der Waals surface area contributed by atoms with Gasteiger partial charge in [-0.3, -0.25) is 0 Å². The van der Waals surface area contributed by atoms with Crippen molar-refractivity contribution in [2.45, 2.75) is 38.1 Å². The van der Waals surface area contributed by atoms with Crippen molar-refractivity contribution < 1.29 is 4.52 Å². The van der Waals surface area contributed by atoms with E-state index in [1.807, 2.05) is 7.05 Å². The molecule has 7 nitrogen and oxygen atoms in total. The molecule has 132 valence electrons. The van der Waals surface area contributed by atoms with E-state index in [1.54, 1.807) is 17.7 Å². The SMILES string of the molecule is CNC(C)Cc1noc(C2CCCN(c3ncnc4sccc34)C2)n1. The number of thiophene rings is 1. The Morgan fingerprint density at radius 3 is 3.24 bits per heavy atom. The highest BCUT2D eigenvalue weighted by Crippen LogP contribution is 2.32. The number of rotatable bonds is 5. The van der Waals surface area contributed by atoms with Crippen LogP contribution in [-0.4, -0.2) is 46.3 Å². The summed E-state index contributed by atoms with van der Waals surface area (Å²) in [5.74, 6) is 2.79. The van der Waals surface area contributed by atoms with Crippen LogP contribution >= 0.6 is 11.3 Å². The molecule has 0 aliphatic carbocycles. The molecular weight excluding hydrogens is 336 g/mol. The van der Waals surface area contributed by atoms with Gasteiger partial charge in [-0.05, 0) is 38.3 Å². The number of anilines is 1. The van der Waals surface area contributed by atoms with Gasteiger partial charge in [0.1, 0.15) is 17.0 Å². The van der Waals surface area contributed by atoms with Crippen LogP contribution in [-0.2, 0) is 6.42 Å². The summed E-state index contributed by atoms with van der Waals surface area (Å²) < 4.78 is 5.56. The van der Waals surface area contributed by atoms with E-state index >= 15 is 0 Å². The van der Waals surface area contributed by atoms with Crippen molar-refractivity contribution in [1.29, 1.82) is 0 Å². The summed E-state index contributed by atoms with van der Waals surface area (Å²) in [5.41, 5.74) is 0. The van der Waals surface area contributed by atoms with Crippen molar-refractivity contribution in [2.75, 3.05) is 25.0 Å². The van der Waals surface area contributed by atoms with Gasteiger partial charge >= 0.3 is 0 Å². The van der Waals surface area contributed by atoms with E-state index in [4.69, 9.17) is 4.52 Å². The van der Waals surface area contributed by atoms with E-state index < -0.39 is 0 Å². The van der Waals surface area contributed by atoms with Gasteiger partial charge in [0.25, 0.3) is 0 Å². The lowest BCUT2D eigenvalue weighted by Gasteiger charge is -2.32. The average Bonchev–Trinajstić information content (AvgIpc) is 3.30. The van der Waals surface area contributed by atoms with Crippen molar-refractivity contribution in [1.82, 2.24) is 25.4 Å². The zero-order valence-electron chi connectivity index (χ0n) is 14.5. The highest BCUT2D eigenvalue weighted by atomic mass is 32.1. The number of nitrogens with zero attached hydrogens (tertiary/aromatic N) is 5. The lowest BCUT2D eigenvalue weighted by Crippen LogP contribution is -2.35. The standard InChI is InChI=1S/C17H22N6OS/c1-11(18-2)8-14-21-16(24-22-14)12-4-3-6-23(9-12)15-13-5-7-25-17(13)20-10-19-15/h5,7,10-12,18H,3-4,6,8-9H2,1-2H3. The van der Waals surface area contributed by atoms with Gasteiger partial charge in [0.05, 0.1) is 11.3 Å². The van der Waals surface area contributed by atoms with E-state index in [0.717, 1.165) is 60.1 Å². The van der Waals surface area contributed by atoms with E-state index in [0.29, 0.717) is 6.04 Å². The molecular formula is C17H22N6OS. The summed E-state index contributed by atoms with van der Waals surface area (Å²) in [7, 11) is 1.94. The van der Waals surface area contributed by atoms with Gasteiger partial charge in [-0.25, -0.2) is 9.97 Å². The highest BCUT2D eigenvalue weighted by molar-refractivity contribution is 7.16. The van der Waals surface area contributed by atoms with Crippen LogP contribution in [0.15, 0.2) is 22.3 Å². The van der Waals surface area contributed by atoms with Gasteiger partial charge in [0.15, 0.2) is 5.82 Å². The minimum atomic E-state index is 0.253. The Balaban J connectivity index is 1.52. The lowest BCUT2D eigenvalue weighted by molar-refractivity contribution is 0.329. The fraction of sp³-hybridized carbons (Fsp3) is 0.529. The minimum Gasteiger partial charge on any atom is -0.355 e. The molecule has 8 heteroatoms. The molecule has 0 bridgehead atoms. The molecule has 3 aromatic heterocycles. The number of nitrogens with one attached hydrogen (secondary N) is 1. The normalized spacial score (nSPS) is 19.4. The molecule has 1 fully saturated rings. The third-order valence-electron chi connectivity index (χ3n) is 4.78. The summed E-state index contributed by atoms with van der Waals surface area (Å²) in [6, 6.07) is 2.43. The lowest BCUT2D eigenvalue weighted by atomic mass is 9.98. The smallest absolute Gasteiger partial charge is 0.231 e. The maximum Gasteiger partial charge on any atom is 0.231 e. The Morgan fingerprint density at radius 2 is 2.36 bits per heavy atom. The second-order valence-corrected chi connectivity index (χ2v) is 7.46. The number of hydrogen-bond donors (Lipinski definition) is 1. The van der Waals surface area contributed by atoms with Crippen LogP contribution < -0.4 is 10.2 Å². The maximum absolute atomic E-state index is 5.56. The first kappa shape index (κ1) is 16.4. The van der Waals surface area contributed by atoms with Crippen molar-refractivity contribution >= 4 is 27.4 Å². The van der Waals surface area contributed by atoms with E-state index in [9.17, 15) is 0 Å². The zero-order valence-corrected chi connectivity index (χ0v) is 15.3. The van der Waals surface area contributed by atoms with Gasteiger partial charge in [0.2, 0.25) is 5.89 Å². The molecule has 1 aliphatic rings. The van der Waals surface area contributed by atoms with Gasteiger partial charge in [-0.1, -0.05) is 5.16 Å². The third-order valence-corrected chi connectivity index (χ3v) is 5.60. The third kappa shape index (κ3) is 3.36. The molecule has 1 N–H and O–H groups in total. The van der Waals surface area contributed by atoms with Crippen LogP contribution in [0.25, 0.3) is 10.2 Å². The largest absolute Gasteiger partial charge is 0.355 e. The molecule has 0 radical (unpaired) electrons. The summed E-state index contributed by atoms with van der Waals surface area (Å²) >= 11 is 1.65. The first-order valence-electron chi connectivity index (χ1n) is 8.67. The molecule has 3 aromatic rings. The average molecular weight is 358 g/mol. The molecule has 0 spiro atoms. The number of fused-ring (bicyclic) bond motifs is 1. The fourth-order valence-electron chi connectivity index (χ4n) is 3.29. The Labute approximate surface area is 150 Å². The van der Waals surface area contributed by atoms with Crippen LogP contribution in [0.4, 0.5) is 5.82 Å². The molecule has 2 unspecified atom stereocenters. The van der Waals surface area contributed by atoms with Gasteiger partial charge < -0.3 is 14.7 Å². The summed E-state index contributed by atoms with van der Waals surface area (Å²) in [4.78, 5) is 16.9. The molecule has 4 heterocycles. The van der Waals surface area contributed by atoms with Crippen LogP contribution in [0, 0.1) is 0 Å². The minimum absolute atomic E-state index is 0.253. The van der Waals surface area contributed by atoms with Crippen molar-refractivity contribution in [3.63, 3.8) is 0 Å². The number of piperidine rings is 1. The van der Waals surface area contributed by atoms with E-state index in [1.165, 1.54) is 0 Å². The van der Waals surface area contributed by atoms with Crippen molar-refractivity contribution in [3.05, 3.63) is 29.5 Å². The van der Waals surface area contributed by atoms with Crippen LogP contribution in [0.5, 0.6) is 0 Å². The second-order valence-electron chi connectivity index (χ2n) is 6.56. The number of likely N-dealkylation sites (N-methyl/N-ethyl adjacent to an activating group) is 1. The van der Waals surface area contributed by atoms with Crippen LogP contribution in [0.2, 0.25) is 0 Å². The van der Waals surface area contributed by atoms with Crippen molar-refractivity contribution in [2.24, 2.45) is 0 Å². The molecule has 1 saturated heterocycles. The first-order chi connectivity index (χ1) is 12.2. The molecule has 2 atom stereocenters. The second kappa shape index (κ2) is 7.05. The van der Waals surface area contributed by atoms with E-state index in [2.05, 4.69) is 48.7 Å². The quantitative estimate of drug-likeness (QED) is 0.751. The topological polar surface area (TPSA) is 80.0 Å². The predicted molar refractivity (Wildman–Crippen MR) is 98.1 cm³/mol. The zero-order chi connectivity index (χ0) is 17.2. The molecule has 0 aromatic carbocycles.